The summed E-state index contributed by atoms with van der Waals surface area (Å²) in [5, 5.41) is 5.81. The van der Waals surface area contributed by atoms with Crippen LogP contribution in [0.4, 0.5) is 4.39 Å². The van der Waals surface area contributed by atoms with Gasteiger partial charge in [0.1, 0.15) is 5.82 Å². The number of rotatable bonds is 4. The third-order valence-corrected chi connectivity index (χ3v) is 5.34. The van der Waals surface area contributed by atoms with Gasteiger partial charge in [-0.25, -0.2) is 9.37 Å². The van der Waals surface area contributed by atoms with Crippen LogP contribution in [0.25, 0.3) is 21.5 Å². The number of hydrogen-bond donors (Lipinski definition) is 1. The van der Waals surface area contributed by atoms with Crippen molar-refractivity contribution in [1.29, 1.82) is 0 Å². The Labute approximate surface area is 160 Å². The van der Waals surface area contributed by atoms with Crippen molar-refractivity contribution in [3.63, 3.8) is 0 Å². The summed E-state index contributed by atoms with van der Waals surface area (Å²) in [4.78, 5) is 18.7. The molecular formula is C22H17FN2OS. The molecule has 0 saturated carbocycles. The minimum atomic E-state index is -0.294. The van der Waals surface area contributed by atoms with Gasteiger partial charge in [-0.1, -0.05) is 36.4 Å². The molecule has 0 bridgehead atoms. The molecule has 2 aromatic heterocycles. The molecule has 0 spiro atoms. The number of thiophene rings is 1. The lowest BCUT2D eigenvalue weighted by Crippen LogP contribution is -2.27. The van der Waals surface area contributed by atoms with E-state index in [0.29, 0.717) is 5.56 Å². The van der Waals surface area contributed by atoms with Gasteiger partial charge in [-0.15, -0.1) is 11.3 Å². The van der Waals surface area contributed by atoms with Gasteiger partial charge in [0.2, 0.25) is 0 Å². The van der Waals surface area contributed by atoms with Crippen LogP contribution >= 0.6 is 11.3 Å². The van der Waals surface area contributed by atoms with E-state index >= 15 is 0 Å². The van der Waals surface area contributed by atoms with Crippen LogP contribution in [-0.2, 0) is 0 Å². The molecular weight excluding hydrogens is 359 g/mol. The van der Waals surface area contributed by atoms with Crippen LogP contribution in [0.3, 0.4) is 0 Å². The van der Waals surface area contributed by atoms with Crippen molar-refractivity contribution >= 4 is 28.1 Å². The largest absolute Gasteiger partial charge is 0.345 e. The van der Waals surface area contributed by atoms with Crippen LogP contribution in [0.15, 0.2) is 72.1 Å². The number of nitrogens with one attached hydrogen (secondary N) is 1. The molecule has 1 amide bonds. The number of hydrogen-bond acceptors (Lipinski definition) is 3. The lowest BCUT2D eigenvalue weighted by molar-refractivity contribution is 0.0941. The first kappa shape index (κ1) is 17.4. The minimum Gasteiger partial charge on any atom is -0.345 e. The molecule has 134 valence electrons. The molecule has 0 radical (unpaired) electrons. The fourth-order valence-electron chi connectivity index (χ4n) is 3.02. The number of pyridine rings is 1. The summed E-state index contributed by atoms with van der Waals surface area (Å²) >= 11 is 1.59. The molecule has 2 aromatic carbocycles. The van der Waals surface area contributed by atoms with E-state index in [1.54, 1.807) is 23.5 Å². The number of nitrogens with zero attached hydrogens (tertiary/aromatic N) is 1. The molecule has 0 fully saturated rings. The van der Waals surface area contributed by atoms with Gasteiger partial charge in [0, 0.05) is 5.39 Å². The average molecular weight is 376 g/mol. The number of carbonyl (C=O) groups is 1. The van der Waals surface area contributed by atoms with E-state index in [1.165, 1.54) is 12.1 Å². The van der Waals surface area contributed by atoms with Crippen LogP contribution < -0.4 is 5.32 Å². The minimum absolute atomic E-state index is 0.178. The Morgan fingerprint density at radius 1 is 1.07 bits per heavy atom. The summed E-state index contributed by atoms with van der Waals surface area (Å²) in [7, 11) is 0. The Morgan fingerprint density at radius 2 is 1.85 bits per heavy atom. The summed E-state index contributed by atoms with van der Waals surface area (Å²) in [6.45, 7) is 1.88. The van der Waals surface area contributed by atoms with E-state index in [9.17, 15) is 9.18 Å². The van der Waals surface area contributed by atoms with Gasteiger partial charge in [0.25, 0.3) is 5.91 Å². The Balaban J connectivity index is 1.71. The second-order valence-electron chi connectivity index (χ2n) is 6.30. The smallest absolute Gasteiger partial charge is 0.252 e. The summed E-state index contributed by atoms with van der Waals surface area (Å²) in [6, 6.07) is 19.3. The first-order valence-electron chi connectivity index (χ1n) is 8.62. The van der Waals surface area contributed by atoms with Crippen molar-refractivity contribution in [2.45, 2.75) is 13.0 Å². The number of para-hydroxylation sites is 1. The molecule has 1 N–H and O–H groups in total. The Hall–Kier alpha value is -3.05. The molecule has 0 aliphatic heterocycles. The van der Waals surface area contributed by atoms with E-state index in [0.717, 1.165) is 27.0 Å². The fourth-order valence-corrected chi connectivity index (χ4v) is 3.71. The van der Waals surface area contributed by atoms with Crippen LogP contribution in [0.2, 0.25) is 0 Å². The van der Waals surface area contributed by atoms with E-state index in [-0.39, 0.29) is 17.8 Å². The van der Waals surface area contributed by atoms with Crippen LogP contribution in [0.5, 0.6) is 0 Å². The monoisotopic (exact) mass is 376 g/mol. The number of halogens is 1. The molecule has 4 rings (SSSR count). The zero-order valence-corrected chi connectivity index (χ0v) is 15.5. The molecule has 1 atom stereocenters. The van der Waals surface area contributed by atoms with Crippen molar-refractivity contribution in [3.05, 3.63) is 89.1 Å². The number of carbonyl (C=O) groups excluding carboxylic acids is 1. The van der Waals surface area contributed by atoms with E-state index in [2.05, 4.69) is 5.32 Å². The molecule has 0 aliphatic carbocycles. The highest BCUT2D eigenvalue weighted by molar-refractivity contribution is 7.13. The van der Waals surface area contributed by atoms with Crippen LogP contribution in [-0.4, -0.2) is 10.9 Å². The summed E-state index contributed by atoms with van der Waals surface area (Å²) in [5.74, 6) is -0.471. The molecule has 4 aromatic rings. The van der Waals surface area contributed by atoms with E-state index in [4.69, 9.17) is 4.98 Å². The molecule has 5 heteroatoms. The topological polar surface area (TPSA) is 42.0 Å². The fraction of sp³-hybridized carbons (Fsp3) is 0.0909. The van der Waals surface area contributed by atoms with Gasteiger partial charge in [0.15, 0.2) is 0 Å². The molecule has 27 heavy (non-hydrogen) atoms. The molecule has 3 nitrogen and oxygen atoms in total. The maximum absolute atomic E-state index is 13.1. The first-order chi connectivity index (χ1) is 13.1. The second kappa shape index (κ2) is 7.29. The van der Waals surface area contributed by atoms with Crippen molar-refractivity contribution in [2.75, 3.05) is 0 Å². The molecule has 0 saturated heterocycles. The Morgan fingerprint density at radius 3 is 2.59 bits per heavy atom. The SMILES string of the molecule is C[C@@H](NC(=O)c1cc(-c2cccs2)nc2ccccc12)c1ccc(F)cc1. The number of benzene rings is 2. The highest BCUT2D eigenvalue weighted by Gasteiger charge is 2.17. The van der Waals surface area contributed by atoms with Gasteiger partial charge in [-0.2, -0.15) is 0 Å². The molecule has 0 aliphatic rings. The predicted molar refractivity (Wildman–Crippen MR) is 107 cm³/mol. The Kier molecular flexibility index (Phi) is 4.69. The predicted octanol–water partition coefficient (Wildman–Crippen LogP) is 5.59. The van der Waals surface area contributed by atoms with Crippen molar-refractivity contribution in [3.8, 4) is 10.6 Å². The van der Waals surface area contributed by atoms with E-state index in [1.807, 2.05) is 54.8 Å². The van der Waals surface area contributed by atoms with E-state index < -0.39 is 0 Å². The number of amides is 1. The third kappa shape index (κ3) is 3.59. The highest BCUT2D eigenvalue weighted by atomic mass is 32.1. The van der Waals surface area contributed by atoms with Crippen LogP contribution in [0.1, 0.15) is 28.9 Å². The molecule has 2 heterocycles. The zero-order valence-electron chi connectivity index (χ0n) is 14.6. The third-order valence-electron chi connectivity index (χ3n) is 4.45. The van der Waals surface area contributed by atoms with Gasteiger partial charge in [-0.05, 0) is 48.2 Å². The van der Waals surface area contributed by atoms with Crippen molar-refractivity contribution in [2.24, 2.45) is 0 Å². The van der Waals surface area contributed by atoms with Gasteiger partial charge >= 0.3 is 0 Å². The van der Waals surface area contributed by atoms with Crippen molar-refractivity contribution in [1.82, 2.24) is 10.3 Å². The van der Waals surface area contributed by atoms with Gasteiger partial charge < -0.3 is 5.32 Å². The number of aromatic nitrogens is 1. The maximum Gasteiger partial charge on any atom is 0.252 e. The van der Waals surface area contributed by atoms with Crippen molar-refractivity contribution < 1.29 is 9.18 Å². The second-order valence-corrected chi connectivity index (χ2v) is 7.24. The first-order valence-corrected chi connectivity index (χ1v) is 9.50. The standard InChI is InChI=1S/C22H17FN2OS/c1-14(15-8-10-16(23)11-9-15)24-22(26)18-13-20(21-7-4-12-27-21)25-19-6-3-2-5-17(18)19/h2-14H,1H3,(H,24,26)/t14-/m1/s1. The average Bonchev–Trinajstić information content (AvgIpc) is 3.22. The Bertz CT molecular complexity index is 1090. The highest BCUT2D eigenvalue weighted by Crippen LogP contribution is 2.28. The number of fused-ring (bicyclic) bond motifs is 1. The zero-order chi connectivity index (χ0) is 18.8. The molecule has 0 unspecified atom stereocenters. The summed E-state index contributed by atoms with van der Waals surface area (Å²) < 4.78 is 13.1. The summed E-state index contributed by atoms with van der Waals surface area (Å²) in [5.41, 5.74) is 2.99. The lowest BCUT2D eigenvalue weighted by atomic mass is 10.0. The van der Waals surface area contributed by atoms with Crippen LogP contribution in [0, 0.1) is 5.82 Å². The van der Waals surface area contributed by atoms with Gasteiger partial charge in [-0.3, -0.25) is 4.79 Å². The van der Waals surface area contributed by atoms with Gasteiger partial charge in [0.05, 0.1) is 27.7 Å². The quantitative estimate of drug-likeness (QED) is 0.504. The normalized spacial score (nSPS) is 12.1. The maximum atomic E-state index is 13.1. The lowest BCUT2D eigenvalue weighted by Gasteiger charge is -2.16. The summed E-state index contributed by atoms with van der Waals surface area (Å²) in [6.07, 6.45) is 0.